The smallest absolute Gasteiger partial charge is 0.128 e. The first kappa shape index (κ1) is 12.9. The highest BCUT2D eigenvalue weighted by atomic mass is 79.9. The van der Waals surface area contributed by atoms with Crippen LogP contribution in [0.1, 0.15) is 5.56 Å². The minimum absolute atomic E-state index is 0.186. The van der Waals surface area contributed by atoms with Crippen molar-refractivity contribution in [3.63, 3.8) is 0 Å². The Morgan fingerprint density at radius 1 is 1.18 bits per heavy atom. The third-order valence-electron chi connectivity index (χ3n) is 2.21. The maximum absolute atomic E-state index is 13.6. The van der Waals surface area contributed by atoms with Crippen molar-refractivity contribution in [2.75, 3.05) is 0 Å². The van der Waals surface area contributed by atoms with Gasteiger partial charge in [0, 0.05) is 20.1 Å². The fraction of sp³-hybridized carbons (Fsp3) is 0.0769. The van der Waals surface area contributed by atoms with Crippen molar-refractivity contribution < 1.29 is 4.39 Å². The van der Waals surface area contributed by atoms with E-state index in [0.717, 1.165) is 9.37 Å². The van der Waals surface area contributed by atoms with Crippen molar-refractivity contribution in [2.24, 2.45) is 0 Å². The van der Waals surface area contributed by atoms with Crippen LogP contribution in [0.25, 0.3) is 0 Å². The molecule has 0 aromatic heterocycles. The zero-order valence-electron chi connectivity index (χ0n) is 8.79. The minimum Gasteiger partial charge on any atom is -0.207 e. The maximum Gasteiger partial charge on any atom is 0.128 e. The molecule has 0 bridgehead atoms. The van der Waals surface area contributed by atoms with Gasteiger partial charge in [0.2, 0.25) is 0 Å². The van der Waals surface area contributed by atoms with E-state index in [1.165, 1.54) is 6.07 Å². The van der Waals surface area contributed by atoms with Crippen LogP contribution in [0.5, 0.6) is 0 Å². The minimum atomic E-state index is -0.186. The van der Waals surface area contributed by atoms with Gasteiger partial charge in [-0.3, -0.25) is 0 Å². The average molecular weight is 332 g/mol. The summed E-state index contributed by atoms with van der Waals surface area (Å²) in [7, 11) is 0. The number of hydrogen-bond donors (Lipinski definition) is 0. The third kappa shape index (κ3) is 3.73. The number of halogens is 3. The molecule has 0 aliphatic rings. The lowest BCUT2D eigenvalue weighted by molar-refractivity contribution is 0.616. The molecule has 0 heterocycles. The van der Waals surface area contributed by atoms with Crippen LogP contribution in [0.2, 0.25) is 5.02 Å². The zero-order chi connectivity index (χ0) is 12.3. The van der Waals surface area contributed by atoms with Crippen molar-refractivity contribution in [2.45, 2.75) is 10.6 Å². The highest BCUT2D eigenvalue weighted by Gasteiger charge is 2.03. The van der Waals surface area contributed by atoms with Gasteiger partial charge in [0.25, 0.3) is 0 Å². The predicted octanol–water partition coefficient (Wildman–Crippen LogP) is 5.53. The molecule has 0 radical (unpaired) electrons. The lowest BCUT2D eigenvalue weighted by Crippen LogP contribution is -1.87. The van der Waals surface area contributed by atoms with Crippen LogP contribution in [0.15, 0.2) is 51.8 Å². The van der Waals surface area contributed by atoms with Crippen LogP contribution in [0.3, 0.4) is 0 Å². The van der Waals surface area contributed by atoms with Gasteiger partial charge < -0.3 is 0 Å². The van der Waals surface area contributed by atoms with Crippen molar-refractivity contribution in [1.29, 1.82) is 0 Å². The van der Waals surface area contributed by atoms with Crippen LogP contribution in [-0.4, -0.2) is 0 Å². The van der Waals surface area contributed by atoms with Crippen LogP contribution in [0, 0.1) is 5.82 Å². The lowest BCUT2D eigenvalue weighted by atomic mass is 10.2. The van der Waals surface area contributed by atoms with Crippen LogP contribution in [-0.2, 0) is 5.75 Å². The molecular formula is C13H9BrClFS. The summed E-state index contributed by atoms with van der Waals surface area (Å²) in [5, 5.41) is 0.700. The van der Waals surface area contributed by atoms with Gasteiger partial charge in [0.05, 0.1) is 0 Å². The largest absolute Gasteiger partial charge is 0.207 e. The zero-order valence-corrected chi connectivity index (χ0v) is 11.9. The molecule has 2 aromatic carbocycles. The molecule has 0 nitrogen and oxygen atoms in total. The third-order valence-corrected chi connectivity index (χ3v) is 3.98. The van der Waals surface area contributed by atoms with Crippen molar-refractivity contribution >= 4 is 39.3 Å². The maximum atomic E-state index is 13.6. The molecular weight excluding hydrogens is 323 g/mol. The Hall–Kier alpha value is -0.510. The lowest BCUT2D eigenvalue weighted by Gasteiger charge is -2.04. The van der Waals surface area contributed by atoms with E-state index in [4.69, 9.17) is 11.6 Å². The topological polar surface area (TPSA) is 0 Å². The highest BCUT2D eigenvalue weighted by molar-refractivity contribution is 9.10. The van der Waals surface area contributed by atoms with Crippen molar-refractivity contribution in [3.8, 4) is 0 Å². The van der Waals surface area contributed by atoms with Gasteiger partial charge in [-0.05, 0) is 35.9 Å². The highest BCUT2D eigenvalue weighted by Crippen LogP contribution is 2.27. The number of benzene rings is 2. The summed E-state index contributed by atoms with van der Waals surface area (Å²) < 4.78 is 14.3. The van der Waals surface area contributed by atoms with E-state index in [1.807, 2.05) is 30.3 Å². The summed E-state index contributed by atoms with van der Waals surface area (Å²) >= 11 is 10.7. The number of hydrogen-bond acceptors (Lipinski definition) is 1. The van der Waals surface area contributed by atoms with Gasteiger partial charge in [-0.1, -0.05) is 39.7 Å². The standard InChI is InChI=1S/C13H9BrClFS/c14-10-5-4-9(13(16)6-10)8-17-12-3-1-2-11(15)7-12/h1-7H,8H2. The van der Waals surface area contributed by atoms with Crippen LogP contribution < -0.4 is 0 Å². The molecule has 4 heteroatoms. The second-order valence-electron chi connectivity index (χ2n) is 3.48. The Morgan fingerprint density at radius 2 is 2.00 bits per heavy atom. The van der Waals surface area contributed by atoms with E-state index in [1.54, 1.807) is 17.8 Å². The summed E-state index contributed by atoms with van der Waals surface area (Å²) in [6, 6.07) is 12.7. The van der Waals surface area contributed by atoms with Crippen LogP contribution >= 0.6 is 39.3 Å². The normalized spacial score (nSPS) is 10.5. The summed E-state index contributed by atoms with van der Waals surface area (Å²) in [4.78, 5) is 1.04. The molecule has 0 aliphatic heterocycles. The molecule has 0 aliphatic carbocycles. The second-order valence-corrected chi connectivity index (χ2v) is 5.88. The predicted molar refractivity (Wildman–Crippen MR) is 75.1 cm³/mol. The molecule has 88 valence electrons. The van der Waals surface area contributed by atoms with Gasteiger partial charge in [0.1, 0.15) is 5.82 Å². The fourth-order valence-corrected chi connectivity index (χ4v) is 2.89. The molecule has 0 N–H and O–H groups in total. The van der Waals surface area contributed by atoms with E-state index in [2.05, 4.69) is 15.9 Å². The van der Waals surface area contributed by atoms with Crippen molar-refractivity contribution in [3.05, 3.63) is 63.3 Å². The average Bonchev–Trinajstić information content (AvgIpc) is 2.28. The summed E-state index contributed by atoms with van der Waals surface area (Å²) in [6.45, 7) is 0. The molecule has 0 amide bonds. The van der Waals surface area contributed by atoms with E-state index in [9.17, 15) is 4.39 Å². The summed E-state index contributed by atoms with van der Waals surface area (Å²) in [5.74, 6) is 0.410. The molecule has 2 rings (SSSR count). The first-order valence-corrected chi connectivity index (χ1v) is 7.13. The first-order valence-electron chi connectivity index (χ1n) is 4.97. The van der Waals surface area contributed by atoms with Gasteiger partial charge in [0.15, 0.2) is 0 Å². The van der Waals surface area contributed by atoms with Gasteiger partial charge in [-0.25, -0.2) is 4.39 Å². The Morgan fingerprint density at radius 3 is 2.71 bits per heavy atom. The van der Waals surface area contributed by atoms with Gasteiger partial charge in [-0.2, -0.15) is 0 Å². The molecule has 0 atom stereocenters. The Kier molecular flexibility index (Phi) is 4.48. The monoisotopic (exact) mass is 330 g/mol. The summed E-state index contributed by atoms with van der Waals surface area (Å²) in [6.07, 6.45) is 0. The molecule has 0 saturated heterocycles. The van der Waals surface area contributed by atoms with Gasteiger partial charge >= 0.3 is 0 Å². The van der Waals surface area contributed by atoms with Crippen LogP contribution in [0.4, 0.5) is 4.39 Å². The summed E-state index contributed by atoms with van der Waals surface area (Å²) in [5.41, 5.74) is 0.693. The van der Waals surface area contributed by atoms with Crippen molar-refractivity contribution in [1.82, 2.24) is 0 Å². The SMILES string of the molecule is Fc1cc(Br)ccc1CSc1cccc(Cl)c1. The van der Waals surface area contributed by atoms with E-state index >= 15 is 0 Å². The van der Waals surface area contributed by atoms with E-state index in [0.29, 0.717) is 16.3 Å². The molecule has 0 saturated carbocycles. The quantitative estimate of drug-likeness (QED) is 0.666. The second kappa shape index (κ2) is 5.89. The molecule has 2 aromatic rings. The molecule has 0 fully saturated rings. The van der Waals surface area contributed by atoms with Gasteiger partial charge in [-0.15, -0.1) is 11.8 Å². The fourth-order valence-electron chi connectivity index (χ4n) is 1.36. The van der Waals surface area contributed by atoms with E-state index in [-0.39, 0.29) is 5.82 Å². The molecule has 17 heavy (non-hydrogen) atoms. The number of thioether (sulfide) groups is 1. The first-order chi connectivity index (χ1) is 8.15. The molecule has 0 spiro atoms. The van der Waals surface area contributed by atoms with E-state index < -0.39 is 0 Å². The Labute approximate surface area is 117 Å². The Bertz CT molecular complexity index is 531. The molecule has 0 unspecified atom stereocenters. The number of rotatable bonds is 3. The Balaban J connectivity index is 2.07.